The van der Waals surface area contributed by atoms with Gasteiger partial charge in [0.1, 0.15) is 17.4 Å². The zero-order valence-electron chi connectivity index (χ0n) is 29.1. The summed E-state index contributed by atoms with van der Waals surface area (Å²) in [5.41, 5.74) is 2.04. The van der Waals surface area contributed by atoms with Crippen LogP contribution in [0.1, 0.15) is 66.7 Å². The van der Waals surface area contributed by atoms with Gasteiger partial charge >= 0.3 is 12.3 Å². The number of aliphatic hydroxyl groups excluding tert-OH is 1. The summed E-state index contributed by atoms with van der Waals surface area (Å²) in [4.78, 5) is 25.3. The Kier molecular flexibility index (Phi) is 10.1. The topological polar surface area (TPSA) is 111 Å². The van der Waals surface area contributed by atoms with Crippen molar-refractivity contribution in [1.29, 1.82) is 0 Å². The Labute approximate surface area is 289 Å². The van der Waals surface area contributed by atoms with Crippen molar-refractivity contribution >= 4 is 11.9 Å². The summed E-state index contributed by atoms with van der Waals surface area (Å²) in [6, 6.07) is 7.48. The molecule has 2 atom stereocenters. The first-order valence-electron chi connectivity index (χ1n) is 17.1. The molecule has 1 saturated heterocycles. The van der Waals surface area contributed by atoms with Gasteiger partial charge in [0.2, 0.25) is 0 Å². The van der Waals surface area contributed by atoms with Crippen LogP contribution in [0.2, 0.25) is 0 Å². The Morgan fingerprint density at radius 3 is 2.60 bits per heavy atom. The van der Waals surface area contributed by atoms with Crippen LogP contribution >= 0.6 is 0 Å². The van der Waals surface area contributed by atoms with Gasteiger partial charge in [-0.25, -0.2) is 14.8 Å². The fourth-order valence-electron chi connectivity index (χ4n) is 6.55. The van der Waals surface area contributed by atoms with Crippen molar-refractivity contribution in [2.24, 2.45) is 5.92 Å². The number of fused-ring (bicyclic) bond motifs is 1. The lowest BCUT2D eigenvalue weighted by molar-refractivity contribution is -0.141. The molecule has 3 aromatic heterocycles. The summed E-state index contributed by atoms with van der Waals surface area (Å²) in [7, 11) is 1.75. The van der Waals surface area contributed by atoms with Crippen LogP contribution in [0, 0.1) is 19.8 Å². The van der Waals surface area contributed by atoms with Crippen LogP contribution in [-0.2, 0) is 30.4 Å². The molecular formula is C36H44F3N7O4. The molecule has 14 heteroatoms. The predicted octanol–water partition coefficient (Wildman–Crippen LogP) is 6.19. The summed E-state index contributed by atoms with van der Waals surface area (Å²) in [6.45, 7) is 9.95. The molecule has 0 saturated carbocycles. The number of pyridine rings is 1. The number of nitrogens with zero attached hydrogens (tertiary/aromatic N) is 7. The molecule has 0 radical (unpaired) electrons. The number of halogens is 3. The molecule has 4 aromatic rings. The second-order valence-electron chi connectivity index (χ2n) is 13.3. The van der Waals surface area contributed by atoms with Gasteiger partial charge in [0.15, 0.2) is 5.69 Å². The van der Waals surface area contributed by atoms with Crippen molar-refractivity contribution in [3.63, 3.8) is 0 Å². The third-order valence-corrected chi connectivity index (χ3v) is 9.53. The minimum Gasteiger partial charge on any atom is -0.492 e. The molecular weight excluding hydrogens is 651 g/mol. The van der Waals surface area contributed by atoms with Crippen LogP contribution in [0.15, 0.2) is 42.9 Å². The van der Waals surface area contributed by atoms with Crippen LogP contribution in [0.5, 0.6) is 5.75 Å². The zero-order valence-corrected chi connectivity index (χ0v) is 29.1. The molecule has 0 aliphatic carbocycles. The maximum absolute atomic E-state index is 14.2. The summed E-state index contributed by atoms with van der Waals surface area (Å²) in [5.74, 6) is 1.35. The number of alkyl halides is 3. The number of anilines is 1. The lowest BCUT2D eigenvalue weighted by atomic mass is 9.86. The number of imidazole rings is 1. The number of carbonyl (C=O) groups excluding carboxylic acids is 1. The quantitative estimate of drug-likeness (QED) is 0.185. The molecule has 1 aromatic carbocycles. The van der Waals surface area contributed by atoms with Crippen molar-refractivity contribution in [3.8, 4) is 16.9 Å². The molecule has 11 nitrogen and oxygen atoms in total. The fraction of sp³-hybridized carbons (Fsp3) is 0.500. The Morgan fingerprint density at radius 2 is 1.92 bits per heavy atom. The normalized spacial score (nSPS) is 17.7. The SMILES string of the molecule is CCCCOC(=O)N(C)C1CN(c2cc(C)cc(C[C@@H]3COc4c(-c5cn(CC)nc5C(F)(F)F)cc(Cn5ccnc5C)cc4[C@@H]3O)n2)C1. The van der Waals surface area contributed by atoms with E-state index in [0.717, 1.165) is 35.7 Å². The lowest BCUT2D eigenvalue weighted by Gasteiger charge is -2.44. The number of hydrogen-bond acceptors (Lipinski definition) is 8. The van der Waals surface area contributed by atoms with E-state index in [1.54, 1.807) is 37.3 Å². The highest BCUT2D eigenvalue weighted by Gasteiger charge is 2.40. The van der Waals surface area contributed by atoms with Gasteiger partial charge in [-0.3, -0.25) is 4.68 Å². The fourth-order valence-corrected chi connectivity index (χ4v) is 6.55. The Bertz CT molecular complexity index is 1830. The average molecular weight is 696 g/mol. The van der Waals surface area contributed by atoms with Gasteiger partial charge < -0.3 is 28.9 Å². The highest BCUT2D eigenvalue weighted by molar-refractivity contribution is 5.76. The number of unbranched alkanes of at least 4 members (excludes halogenated alkanes) is 1. The number of amides is 1. The number of ether oxygens (including phenoxy) is 2. The van der Waals surface area contributed by atoms with Gasteiger partial charge in [-0.1, -0.05) is 13.3 Å². The maximum atomic E-state index is 14.2. The summed E-state index contributed by atoms with van der Waals surface area (Å²) in [6.07, 6.45) is 0.990. The van der Waals surface area contributed by atoms with Gasteiger partial charge in [-0.15, -0.1) is 0 Å². The molecule has 0 spiro atoms. The summed E-state index contributed by atoms with van der Waals surface area (Å²) < 4.78 is 57.5. The summed E-state index contributed by atoms with van der Waals surface area (Å²) in [5, 5.41) is 15.7. The first-order valence-corrected chi connectivity index (χ1v) is 17.1. The molecule has 2 aliphatic rings. The van der Waals surface area contributed by atoms with E-state index in [2.05, 4.69) is 15.0 Å². The number of aromatic nitrogens is 5. The van der Waals surface area contributed by atoms with Crippen molar-refractivity contribution in [2.75, 3.05) is 38.3 Å². The van der Waals surface area contributed by atoms with Crippen LogP contribution in [-0.4, -0.2) is 79.8 Å². The second-order valence-corrected chi connectivity index (χ2v) is 13.3. The van der Waals surface area contributed by atoms with Crippen LogP contribution in [0.25, 0.3) is 11.1 Å². The van der Waals surface area contributed by atoms with E-state index in [4.69, 9.17) is 14.5 Å². The lowest BCUT2D eigenvalue weighted by Crippen LogP contribution is -2.60. The van der Waals surface area contributed by atoms with Crippen molar-refractivity contribution in [2.45, 2.75) is 78.4 Å². The molecule has 50 heavy (non-hydrogen) atoms. The van der Waals surface area contributed by atoms with Gasteiger partial charge in [0.25, 0.3) is 0 Å². The molecule has 5 heterocycles. The van der Waals surface area contributed by atoms with E-state index in [9.17, 15) is 23.1 Å². The van der Waals surface area contributed by atoms with Gasteiger partial charge in [-0.2, -0.15) is 18.3 Å². The Hall–Kier alpha value is -4.59. The standard InChI is InChI=1S/C36H44F3N7O4/c1-6-8-11-49-35(48)43(5)27-18-45(19-27)31-13-22(3)12-26(41-31)16-25-21-50-33-28(30-20-46(7-2)42-34(30)36(37,38)39)14-24(15-29(33)32(25)47)17-44-10-9-40-23(44)4/h9-10,12-15,20,25,27,32,47H,6-8,11,16-19,21H2,1-5H3/t25-,32-/m1/s1. The third-order valence-electron chi connectivity index (χ3n) is 9.53. The van der Waals surface area contributed by atoms with E-state index in [-0.39, 0.29) is 42.2 Å². The molecule has 0 unspecified atom stereocenters. The Balaban J connectivity index is 1.25. The molecule has 0 bridgehead atoms. The molecule has 1 amide bonds. The number of aryl methyl sites for hydroxylation is 3. The minimum absolute atomic E-state index is 0.0109. The number of rotatable bonds is 11. The monoisotopic (exact) mass is 695 g/mol. The van der Waals surface area contributed by atoms with E-state index in [1.807, 2.05) is 43.5 Å². The van der Waals surface area contributed by atoms with Crippen molar-refractivity contribution < 1.29 is 32.5 Å². The van der Waals surface area contributed by atoms with E-state index in [0.29, 0.717) is 43.8 Å². The van der Waals surface area contributed by atoms with Gasteiger partial charge in [0, 0.05) is 80.1 Å². The Morgan fingerprint density at radius 1 is 1.14 bits per heavy atom. The molecule has 2 aliphatic heterocycles. The average Bonchev–Trinajstić information content (AvgIpc) is 3.67. The van der Waals surface area contributed by atoms with E-state index < -0.39 is 23.9 Å². The second kappa shape index (κ2) is 14.3. The number of aliphatic hydroxyl groups is 1. The van der Waals surface area contributed by atoms with Crippen LogP contribution < -0.4 is 9.64 Å². The molecule has 268 valence electrons. The van der Waals surface area contributed by atoms with E-state index in [1.165, 1.54) is 10.9 Å². The molecule has 6 rings (SSSR count). The minimum atomic E-state index is -4.69. The van der Waals surface area contributed by atoms with Crippen LogP contribution in [0.3, 0.4) is 0 Å². The highest BCUT2D eigenvalue weighted by Crippen LogP contribution is 2.47. The number of carbonyl (C=O) groups is 1. The van der Waals surface area contributed by atoms with Crippen molar-refractivity contribution in [3.05, 3.63) is 76.8 Å². The van der Waals surface area contributed by atoms with E-state index >= 15 is 0 Å². The molecule has 1 fully saturated rings. The molecule has 1 N–H and O–H groups in total. The van der Waals surface area contributed by atoms with Gasteiger partial charge in [0.05, 0.1) is 25.4 Å². The first-order chi connectivity index (χ1) is 23.9. The maximum Gasteiger partial charge on any atom is 0.435 e. The van der Waals surface area contributed by atoms with Gasteiger partial charge in [-0.05, 0) is 69.0 Å². The zero-order chi connectivity index (χ0) is 35.7. The van der Waals surface area contributed by atoms with Crippen LogP contribution in [0.4, 0.5) is 23.8 Å². The number of likely N-dealkylation sites (N-methyl/N-ethyl adjacent to an activating group) is 1. The smallest absolute Gasteiger partial charge is 0.435 e. The predicted molar refractivity (Wildman–Crippen MR) is 181 cm³/mol. The summed E-state index contributed by atoms with van der Waals surface area (Å²) >= 11 is 0. The number of benzene rings is 1. The number of hydrogen-bond donors (Lipinski definition) is 1. The first kappa shape index (κ1) is 35.2. The third kappa shape index (κ3) is 7.30. The highest BCUT2D eigenvalue weighted by atomic mass is 19.4. The largest absolute Gasteiger partial charge is 0.492 e. The van der Waals surface area contributed by atoms with Crippen molar-refractivity contribution in [1.82, 2.24) is 29.2 Å².